The standard InChI is InChI=1S/C13H13NO4/c1-8-14-10-4-9(2-3-11(10)18-8)13(5-12(15)16)6-17-7-13/h2-4H,5-7H2,1H3,(H,15,16). The van der Waals surface area contributed by atoms with Crippen molar-refractivity contribution in [3.05, 3.63) is 29.7 Å². The van der Waals surface area contributed by atoms with E-state index >= 15 is 0 Å². The van der Waals surface area contributed by atoms with Gasteiger partial charge in [-0.25, -0.2) is 4.98 Å². The van der Waals surface area contributed by atoms with Gasteiger partial charge in [-0.15, -0.1) is 0 Å². The summed E-state index contributed by atoms with van der Waals surface area (Å²) in [6.45, 7) is 2.68. The number of ether oxygens (including phenoxy) is 1. The lowest BCUT2D eigenvalue weighted by atomic mass is 9.76. The van der Waals surface area contributed by atoms with Gasteiger partial charge in [0.25, 0.3) is 0 Å². The summed E-state index contributed by atoms with van der Waals surface area (Å²) in [4.78, 5) is 15.2. The van der Waals surface area contributed by atoms with Crippen LogP contribution in [0.3, 0.4) is 0 Å². The Hall–Kier alpha value is -1.88. The number of carboxylic acids is 1. The van der Waals surface area contributed by atoms with Crippen LogP contribution in [0, 0.1) is 6.92 Å². The van der Waals surface area contributed by atoms with E-state index < -0.39 is 11.4 Å². The summed E-state index contributed by atoms with van der Waals surface area (Å²) in [5.41, 5.74) is 2.04. The van der Waals surface area contributed by atoms with Gasteiger partial charge >= 0.3 is 5.97 Å². The first-order chi connectivity index (χ1) is 8.59. The van der Waals surface area contributed by atoms with Gasteiger partial charge in [0.1, 0.15) is 5.52 Å². The molecule has 0 saturated carbocycles. The van der Waals surface area contributed by atoms with Gasteiger partial charge in [-0.2, -0.15) is 0 Å². The average Bonchev–Trinajstić information content (AvgIpc) is 2.62. The maximum atomic E-state index is 11.0. The Morgan fingerprint density at radius 3 is 2.89 bits per heavy atom. The van der Waals surface area contributed by atoms with E-state index in [2.05, 4.69) is 4.98 Å². The zero-order valence-corrected chi connectivity index (χ0v) is 9.97. The lowest BCUT2D eigenvalue weighted by molar-refractivity contribution is -0.145. The van der Waals surface area contributed by atoms with Crippen LogP contribution in [0.4, 0.5) is 0 Å². The van der Waals surface area contributed by atoms with Crippen LogP contribution in [0.5, 0.6) is 0 Å². The van der Waals surface area contributed by atoms with Crippen molar-refractivity contribution < 1.29 is 19.1 Å². The van der Waals surface area contributed by atoms with Gasteiger partial charge in [0.05, 0.1) is 25.0 Å². The Labute approximate surface area is 103 Å². The fraction of sp³-hybridized carbons (Fsp3) is 0.385. The second kappa shape index (κ2) is 3.81. The fourth-order valence-corrected chi connectivity index (χ4v) is 2.38. The maximum absolute atomic E-state index is 11.0. The minimum atomic E-state index is -0.810. The molecule has 1 aliphatic rings. The molecule has 1 N–H and O–H groups in total. The molecule has 1 aromatic heterocycles. The Morgan fingerprint density at radius 2 is 2.28 bits per heavy atom. The Morgan fingerprint density at radius 1 is 1.50 bits per heavy atom. The van der Waals surface area contributed by atoms with Crippen molar-refractivity contribution in [2.45, 2.75) is 18.8 Å². The highest BCUT2D eigenvalue weighted by Crippen LogP contribution is 2.37. The number of rotatable bonds is 3. The molecule has 2 aromatic rings. The molecule has 0 aliphatic carbocycles. The monoisotopic (exact) mass is 247 g/mol. The predicted octanol–water partition coefficient (Wildman–Crippen LogP) is 1.88. The number of carboxylic acid groups (broad SMARTS) is 1. The van der Waals surface area contributed by atoms with Crippen LogP contribution in [0.1, 0.15) is 17.9 Å². The van der Waals surface area contributed by atoms with Gasteiger partial charge in [0.2, 0.25) is 0 Å². The molecule has 0 bridgehead atoms. The fourth-order valence-electron chi connectivity index (χ4n) is 2.38. The number of aryl methyl sites for hydroxylation is 1. The number of fused-ring (bicyclic) bond motifs is 1. The van der Waals surface area contributed by atoms with Crippen LogP contribution >= 0.6 is 0 Å². The quantitative estimate of drug-likeness (QED) is 0.896. The lowest BCUT2D eigenvalue weighted by Gasteiger charge is -2.40. The molecule has 2 heterocycles. The molecule has 94 valence electrons. The predicted molar refractivity (Wildman–Crippen MR) is 63.5 cm³/mol. The van der Waals surface area contributed by atoms with E-state index in [0.717, 1.165) is 16.7 Å². The van der Waals surface area contributed by atoms with Crippen LogP contribution in [-0.2, 0) is 14.9 Å². The summed E-state index contributed by atoms with van der Waals surface area (Å²) in [5, 5.41) is 9.00. The molecule has 0 unspecified atom stereocenters. The van der Waals surface area contributed by atoms with Gasteiger partial charge in [-0.3, -0.25) is 4.79 Å². The van der Waals surface area contributed by atoms with Crippen molar-refractivity contribution in [2.24, 2.45) is 0 Å². The second-order valence-electron chi connectivity index (χ2n) is 4.76. The van der Waals surface area contributed by atoms with E-state index in [1.54, 1.807) is 6.92 Å². The van der Waals surface area contributed by atoms with E-state index in [-0.39, 0.29) is 6.42 Å². The molecular formula is C13H13NO4. The molecule has 1 aliphatic heterocycles. The van der Waals surface area contributed by atoms with Crippen molar-refractivity contribution in [1.82, 2.24) is 4.98 Å². The molecule has 0 atom stereocenters. The number of benzene rings is 1. The summed E-state index contributed by atoms with van der Waals surface area (Å²) in [6, 6.07) is 5.64. The molecule has 5 nitrogen and oxygen atoms in total. The van der Waals surface area contributed by atoms with E-state index in [0.29, 0.717) is 19.1 Å². The molecule has 0 radical (unpaired) electrons. The zero-order valence-electron chi connectivity index (χ0n) is 9.97. The Kier molecular flexibility index (Phi) is 2.38. The molecule has 1 saturated heterocycles. The molecule has 3 rings (SSSR count). The van der Waals surface area contributed by atoms with Crippen LogP contribution in [-0.4, -0.2) is 29.3 Å². The number of oxazole rings is 1. The molecule has 1 aromatic carbocycles. The lowest BCUT2D eigenvalue weighted by Crippen LogP contribution is -2.48. The van der Waals surface area contributed by atoms with Gasteiger partial charge < -0.3 is 14.3 Å². The van der Waals surface area contributed by atoms with Crippen molar-refractivity contribution in [2.75, 3.05) is 13.2 Å². The summed E-state index contributed by atoms with van der Waals surface area (Å²) in [7, 11) is 0. The summed E-state index contributed by atoms with van der Waals surface area (Å²) < 4.78 is 10.6. The third-order valence-corrected chi connectivity index (χ3v) is 3.35. The third kappa shape index (κ3) is 1.67. The highest BCUT2D eigenvalue weighted by Gasteiger charge is 2.42. The third-order valence-electron chi connectivity index (χ3n) is 3.35. The van der Waals surface area contributed by atoms with Crippen molar-refractivity contribution in [3.8, 4) is 0 Å². The number of nitrogens with zero attached hydrogens (tertiary/aromatic N) is 1. The number of aliphatic carboxylic acids is 1. The van der Waals surface area contributed by atoms with Crippen molar-refractivity contribution >= 4 is 17.1 Å². The molecule has 1 fully saturated rings. The first kappa shape index (κ1) is 11.2. The average molecular weight is 247 g/mol. The highest BCUT2D eigenvalue weighted by atomic mass is 16.5. The van der Waals surface area contributed by atoms with Crippen LogP contribution in [0.15, 0.2) is 22.6 Å². The molecule has 0 amide bonds. The van der Waals surface area contributed by atoms with E-state index in [1.165, 1.54) is 0 Å². The largest absolute Gasteiger partial charge is 0.481 e. The smallest absolute Gasteiger partial charge is 0.304 e. The maximum Gasteiger partial charge on any atom is 0.304 e. The zero-order chi connectivity index (χ0) is 12.8. The summed E-state index contributed by atoms with van der Waals surface area (Å²) >= 11 is 0. The van der Waals surface area contributed by atoms with Crippen molar-refractivity contribution in [1.29, 1.82) is 0 Å². The number of carbonyl (C=O) groups is 1. The van der Waals surface area contributed by atoms with Gasteiger partial charge in [0, 0.05) is 6.92 Å². The minimum absolute atomic E-state index is 0.0787. The Bertz CT molecular complexity index is 612. The number of aromatic nitrogens is 1. The van der Waals surface area contributed by atoms with Crippen molar-refractivity contribution in [3.63, 3.8) is 0 Å². The van der Waals surface area contributed by atoms with Crippen LogP contribution in [0.2, 0.25) is 0 Å². The highest BCUT2D eigenvalue weighted by molar-refractivity contribution is 5.75. The molecule has 0 spiro atoms. The van der Waals surface area contributed by atoms with E-state index in [4.69, 9.17) is 14.3 Å². The first-order valence-electron chi connectivity index (χ1n) is 5.76. The topological polar surface area (TPSA) is 72.6 Å². The molecule has 18 heavy (non-hydrogen) atoms. The SMILES string of the molecule is Cc1nc2cc(C3(CC(=O)O)COC3)ccc2o1. The number of hydrogen-bond donors (Lipinski definition) is 1. The normalized spacial score (nSPS) is 17.6. The van der Waals surface area contributed by atoms with Crippen LogP contribution < -0.4 is 0 Å². The van der Waals surface area contributed by atoms with E-state index in [1.807, 2.05) is 18.2 Å². The van der Waals surface area contributed by atoms with Gasteiger partial charge in [0.15, 0.2) is 11.5 Å². The summed E-state index contributed by atoms with van der Waals surface area (Å²) in [6.07, 6.45) is 0.0787. The molecule has 5 heteroatoms. The second-order valence-corrected chi connectivity index (χ2v) is 4.76. The van der Waals surface area contributed by atoms with E-state index in [9.17, 15) is 4.79 Å². The molecular weight excluding hydrogens is 234 g/mol. The minimum Gasteiger partial charge on any atom is -0.481 e. The van der Waals surface area contributed by atoms with Gasteiger partial charge in [-0.1, -0.05) is 6.07 Å². The van der Waals surface area contributed by atoms with Gasteiger partial charge in [-0.05, 0) is 17.7 Å². The summed E-state index contributed by atoms with van der Waals surface area (Å²) in [5.74, 6) is -0.200. The number of hydrogen-bond acceptors (Lipinski definition) is 4. The first-order valence-corrected chi connectivity index (χ1v) is 5.76. The van der Waals surface area contributed by atoms with Crippen LogP contribution in [0.25, 0.3) is 11.1 Å². The Balaban J connectivity index is 2.04.